The zero-order valence-electron chi connectivity index (χ0n) is 17.3. The lowest BCUT2D eigenvalue weighted by Gasteiger charge is -2.47. The summed E-state index contributed by atoms with van der Waals surface area (Å²) >= 11 is 1.68. The van der Waals surface area contributed by atoms with E-state index in [0.717, 1.165) is 12.8 Å². The van der Waals surface area contributed by atoms with Crippen molar-refractivity contribution in [2.24, 2.45) is 5.92 Å². The summed E-state index contributed by atoms with van der Waals surface area (Å²) in [7, 11) is -3.55. The first-order valence-electron chi connectivity index (χ1n) is 10.5. The van der Waals surface area contributed by atoms with E-state index in [9.17, 15) is 23.3 Å². The molecule has 4 fully saturated rings. The van der Waals surface area contributed by atoms with Crippen LogP contribution in [0.5, 0.6) is 0 Å². The van der Waals surface area contributed by atoms with E-state index in [-0.39, 0.29) is 41.6 Å². The zero-order valence-corrected chi connectivity index (χ0v) is 19.0. The van der Waals surface area contributed by atoms with Crippen LogP contribution in [-0.2, 0) is 14.8 Å². The molecule has 2 aliphatic heterocycles. The van der Waals surface area contributed by atoms with Gasteiger partial charge in [-0.3, -0.25) is 9.69 Å². The predicted molar refractivity (Wildman–Crippen MR) is 113 cm³/mol. The number of nitrogens with one attached hydrogen (secondary N) is 2. The van der Waals surface area contributed by atoms with Crippen molar-refractivity contribution < 1.29 is 18.0 Å². The molecule has 4 aliphatic rings. The molecule has 30 heavy (non-hydrogen) atoms. The third-order valence-corrected chi connectivity index (χ3v) is 10.1. The molecule has 4 rings (SSSR count). The standard InChI is InChI=1S/C19H29N5O4S2/c1-12-21-10-13(29-12)11-24-17(25)15-9-14(30(27,28)22-19(2)5-6-19)3-4-16(15)23(8-7-20)18(24)26/h12-16,21-22H,3-6,8-11H2,1-2H3. The predicted octanol–water partition coefficient (Wildman–Crippen LogP) is 0.834. The molecule has 11 heteroatoms. The normalized spacial score (nSPS) is 35.8. The van der Waals surface area contributed by atoms with Crippen LogP contribution in [0.4, 0.5) is 4.79 Å². The summed E-state index contributed by atoms with van der Waals surface area (Å²) in [5.74, 6) is -0.882. The molecule has 5 unspecified atom stereocenters. The van der Waals surface area contributed by atoms with E-state index in [4.69, 9.17) is 0 Å². The van der Waals surface area contributed by atoms with Crippen molar-refractivity contribution in [2.45, 2.75) is 73.4 Å². The summed E-state index contributed by atoms with van der Waals surface area (Å²) in [6.45, 7) is 4.81. The Hall–Kier alpha value is -1.35. The van der Waals surface area contributed by atoms with Gasteiger partial charge in [-0.05, 0) is 46.0 Å². The minimum atomic E-state index is -3.55. The third kappa shape index (κ3) is 4.20. The highest BCUT2D eigenvalue weighted by Gasteiger charge is 2.52. The van der Waals surface area contributed by atoms with Gasteiger partial charge >= 0.3 is 6.03 Å². The Morgan fingerprint density at radius 1 is 1.33 bits per heavy atom. The maximum Gasteiger partial charge on any atom is 0.327 e. The monoisotopic (exact) mass is 455 g/mol. The average molecular weight is 456 g/mol. The van der Waals surface area contributed by atoms with E-state index in [1.807, 2.05) is 19.9 Å². The van der Waals surface area contributed by atoms with Crippen LogP contribution in [0.3, 0.4) is 0 Å². The van der Waals surface area contributed by atoms with E-state index in [0.29, 0.717) is 19.4 Å². The van der Waals surface area contributed by atoms with Gasteiger partial charge in [0.25, 0.3) is 0 Å². The van der Waals surface area contributed by atoms with Gasteiger partial charge in [0.05, 0.1) is 22.6 Å². The second kappa shape index (κ2) is 7.97. The Morgan fingerprint density at radius 2 is 2.07 bits per heavy atom. The Bertz CT molecular complexity index is 869. The second-order valence-corrected chi connectivity index (χ2v) is 12.7. The summed E-state index contributed by atoms with van der Waals surface area (Å²) in [5.41, 5.74) is -0.357. The van der Waals surface area contributed by atoms with Gasteiger partial charge in [0.1, 0.15) is 6.54 Å². The lowest BCUT2D eigenvalue weighted by molar-refractivity contribution is -0.140. The summed E-state index contributed by atoms with van der Waals surface area (Å²) in [5, 5.41) is 12.2. The van der Waals surface area contributed by atoms with Crippen LogP contribution in [0.2, 0.25) is 0 Å². The molecule has 3 amide bonds. The molecular formula is C19H29N5O4S2. The number of hydrogen-bond donors (Lipinski definition) is 2. The zero-order chi connectivity index (χ0) is 21.7. The van der Waals surface area contributed by atoms with Crippen molar-refractivity contribution in [2.75, 3.05) is 19.6 Å². The Balaban J connectivity index is 1.53. The van der Waals surface area contributed by atoms with E-state index < -0.39 is 33.3 Å². The van der Waals surface area contributed by atoms with E-state index in [1.165, 1.54) is 9.80 Å². The molecule has 9 nitrogen and oxygen atoms in total. The number of rotatable bonds is 6. The highest BCUT2D eigenvalue weighted by Crippen LogP contribution is 2.40. The minimum absolute atomic E-state index is 0.0907. The molecular weight excluding hydrogens is 426 g/mol. The van der Waals surface area contributed by atoms with E-state index in [1.54, 1.807) is 11.8 Å². The molecule has 5 atom stereocenters. The summed E-state index contributed by atoms with van der Waals surface area (Å²) < 4.78 is 28.6. The number of fused-ring (bicyclic) bond motifs is 1. The number of thioether (sulfide) groups is 1. The van der Waals surface area contributed by atoms with Crippen LogP contribution in [0.25, 0.3) is 0 Å². The number of sulfonamides is 1. The van der Waals surface area contributed by atoms with Gasteiger partial charge in [-0.25, -0.2) is 17.9 Å². The lowest BCUT2D eigenvalue weighted by atomic mass is 9.80. The summed E-state index contributed by atoms with van der Waals surface area (Å²) in [6.07, 6.45) is 2.64. The molecule has 0 radical (unpaired) electrons. The summed E-state index contributed by atoms with van der Waals surface area (Å²) in [4.78, 5) is 29.1. The molecule has 2 aliphatic carbocycles. The van der Waals surface area contributed by atoms with Crippen molar-refractivity contribution in [1.29, 1.82) is 5.26 Å². The second-order valence-electron chi connectivity index (χ2n) is 9.14. The molecule has 2 N–H and O–H groups in total. The fraction of sp³-hybridized carbons (Fsp3) is 0.842. The van der Waals surface area contributed by atoms with Crippen LogP contribution in [0, 0.1) is 17.2 Å². The Morgan fingerprint density at radius 3 is 2.67 bits per heavy atom. The van der Waals surface area contributed by atoms with Crippen molar-refractivity contribution in [3.63, 3.8) is 0 Å². The first kappa shape index (κ1) is 21.9. The molecule has 0 aromatic heterocycles. The maximum atomic E-state index is 13.3. The molecule has 2 saturated carbocycles. The molecule has 0 aromatic rings. The molecule has 0 aromatic carbocycles. The van der Waals surface area contributed by atoms with Gasteiger partial charge in [-0.1, -0.05) is 0 Å². The number of urea groups is 1. The van der Waals surface area contributed by atoms with Crippen molar-refractivity contribution in [1.82, 2.24) is 19.8 Å². The number of amides is 3. The minimum Gasteiger partial charge on any atom is -0.307 e. The smallest absolute Gasteiger partial charge is 0.307 e. The average Bonchev–Trinajstić information content (AvgIpc) is 3.26. The SMILES string of the molecule is CC1NCC(CN2C(=O)C3CC(S(=O)(=O)NC4(C)CC4)CCC3N(CC#N)C2=O)S1. The maximum absolute atomic E-state index is 13.3. The highest BCUT2D eigenvalue weighted by atomic mass is 32.2. The van der Waals surface area contributed by atoms with Crippen LogP contribution >= 0.6 is 11.8 Å². The van der Waals surface area contributed by atoms with Gasteiger partial charge in [0.2, 0.25) is 15.9 Å². The summed E-state index contributed by atoms with van der Waals surface area (Å²) in [6, 6.07) is 1.21. The Kier molecular flexibility index (Phi) is 5.81. The number of imide groups is 1. The number of nitriles is 1. The lowest BCUT2D eigenvalue weighted by Crippen LogP contribution is -2.65. The first-order valence-corrected chi connectivity index (χ1v) is 13.0. The molecule has 0 spiro atoms. The third-order valence-electron chi connectivity index (χ3n) is 6.71. The van der Waals surface area contributed by atoms with Gasteiger partial charge in [-0.2, -0.15) is 5.26 Å². The number of hydrogen-bond acceptors (Lipinski definition) is 7. The largest absolute Gasteiger partial charge is 0.327 e. The van der Waals surface area contributed by atoms with Crippen LogP contribution in [-0.4, -0.2) is 77.2 Å². The topological polar surface area (TPSA) is 123 Å². The van der Waals surface area contributed by atoms with Crippen molar-refractivity contribution >= 4 is 33.7 Å². The molecule has 2 heterocycles. The van der Waals surface area contributed by atoms with E-state index in [2.05, 4.69) is 10.0 Å². The Labute approximate surface area is 182 Å². The number of carbonyl (C=O) groups excluding carboxylic acids is 2. The van der Waals surface area contributed by atoms with Crippen molar-refractivity contribution in [3.05, 3.63) is 0 Å². The fourth-order valence-electron chi connectivity index (χ4n) is 4.77. The van der Waals surface area contributed by atoms with E-state index >= 15 is 0 Å². The number of carbonyl (C=O) groups is 2. The molecule has 2 saturated heterocycles. The van der Waals surface area contributed by atoms with Gasteiger partial charge < -0.3 is 10.2 Å². The first-order chi connectivity index (χ1) is 14.1. The highest BCUT2D eigenvalue weighted by molar-refractivity contribution is 8.00. The van der Waals surface area contributed by atoms with Crippen LogP contribution in [0.1, 0.15) is 46.0 Å². The van der Waals surface area contributed by atoms with Gasteiger partial charge in [-0.15, -0.1) is 11.8 Å². The van der Waals surface area contributed by atoms with Crippen LogP contribution < -0.4 is 10.0 Å². The van der Waals surface area contributed by atoms with Gasteiger partial charge in [0.15, 0.2) is 0 Å². The van der Waals surface area contributed by atoms with Gasteiger partial charge in [0, 0.05) is 29.9 Å². The number of nitrogens with zero attached hydrogens (tertiary/aromatic N) is 3. The molecule has 166 valence electrons. The molecule has 0 bridgehead atoms. The fourth-order valence-corrected chi connectivity index (χ4v) is 7.93. The quantitative estimate of drug-likeness (QED) is 0.569. The van der Waals surface area contributed by atoms with Crippen LogP contribution in [0.15, 0.2) is 0 Å². The van der Waals surface area contributed by atoms with Crippen molar-refractivity contribution in [3.8, 4) is 6.07 Å².